The van der Waals surface area contributed by atoms with E-state index in [4.69, 9.17) is 0 Å². The maximum absolute atomic E-state index is 13.0. The van der Waals surface area contributed by atoms with Crippen LogP contribution in [0.1, 0.15) is 16.8 Å². The fourth-order valence-electron chi connectivity index (χ4n) is 1.83. The van der Waals surface area contributed by atoms with Crippen LogP contribution in [0.15, 0.2) is 42.6 Å². The van der Waals surface area contributed by atoms with Crippen LogP contribution in [0.25, 0.3) is 0 Å². The van der Waals surface area contributed by atoms with Crippen molar-refractivity contribution in [3.05, 3.63) is 65.2 Å². The first kappa shape index (κ1) is 15.9. The molecule has 0 atom stereocenters. The Morgan fingerprint density at radius 3 is 2.59 bits per heavy atom. The smallest absolute Gasteiger partial charge is 0.352 e. The highest BCUT2D eigenvalue weighted by molar-refractivity contribution is 5.78. The maximum atomic E-state index is 13.0. The van der Waals surface area contributed by atoms with Crippen LogP contribution >= 0.6 is 0 Å². The Kier molecular flexibility index (Phi) is 4.75. The minimum atomic E-state index is -4.53. The number of carbonyl (C=O) groups excluding carboxylic acids is 1. The van der Waals surface area contributed by atoms with Crippen molar-refractivity contribution in [2.75, 3.05) is 0 Å². The van der Waals surface area contributed by atoms with Crippen LogP contribution in [-0.4, -0.2) is 10.9 Å². The molecule has 0 aliphatic heterocycles. The fourth-order valence-corrected chi connectivity index (χ4v) is 1.83. The summed E-state index contributed by atoms with van der Waals surface area (Å²) in [6.07, 6.45) is -3.53. The summed E-state index contributed by atoms with van der Waals surface area (Å²) < 4.78 is 50.5. The van der Waals surface area contributed by atoms with E-state index in [1.54, 1.807) is 6.07 Å². The van der Waals surface area contributed by atoms with Gasteiger partial charge in [-0.05, 0) is 35.4 Å². The maximum Gasteiger partial charge on any atom is 0.433 e. The van der Waals surface area contributed by atoms with E-state index in [1.165, 1.54) is 24.3 Å². The molecule has 7 heteroatoms. The first-order valence-corrected chi connectivity index (χ1v) is 6.38. The third-order valence-corrected chi connectivity index (χ3v) is 2.86. The number of hydrogen-bond donors (Lipinski definition) is 1. The van der Waals surface area contributed by atoms with Crippen molar-refractivity contribution >= 4 is 5.91 Å². The van der Waals surface area contributed by atoms with Crippen LogP contribution in [0.3, 0.4) is 0 Å². The number of pyridine rings is 1. The van der Waals surface area contributed by atoms with Crippen LogP contribution in [0, 0.1) is 5.82 Å². The zero-order valence-electron chi connectivity index (χ0n) is 11.3. The van der Waals surface area contributed by atoms with E-state index in [1.807, 2.05) is 0 Å². The lowest BCUT2D eigenvalue weighted by Crippen LogP contribution is -2.24. The van der Waals surface area contributed by atoms with Gasteiger partial charge in [-0.1, -0.05) is 12.1 Å². The second-order valence-corrected chi connectivity index (χ2v) is 4.63. The molecule has 22 heavy (non-hydrogen) atoms. The van der Waals surface area contributed by atoms with Crippen molar-refractivity contribution in [3.8, 4) is 0 Å². The SMILES string of the molecule is O=C(Cc1cccc(F)c1)NCc1ccnc(C(F)(F)F)c1. The fraction of sp³-hybridized carbons (Fsp3) is 0.200. The minimum absolute atomic E-state index is 0.0467. The molecule has 2 aromatic rings. The number of rotatable bonds is 4. The molecular weight excluding hydrogens is 300 g/mol. The number of nitrogens with zero attached hydrogens (tertiary/aromatic N) is 1. The largest absolute Gasteiger partial charge is 0.433 e. The summed E-state index contributed by atoms with van der Waals surface area (Å²) in [5, 5.41) is 2.49. The number of nitrogens with one attached hydrogen (secondary N) is 1. The van der Waals surface area contributed by atoms with Gasteiger partial charge < -0.3 is 5.32 Å². The predicted molar refractivity (Wildman–Crippen MR) is 71.2 cm³/mol. The zero-order valence-corrected chi connectivity index (χ0v) is 11.3. The predicted octanol–water partition coefficient (Wildman–Crippen LogP) is 3.10. The van der Waals surface area contributed by atoms with E-state index >= 15 is 0 Å². The number of alkyl halides is 3. The summed E-state index contributed by atoms with van der Waals surface area (Å²) in [6.45, 7) is -0.0558. The third kappa shape index (κ3) is 4.54. The normalized spacial score (nSPS) is 11.3. The summed E-state index contributed by atoms with van der Waals surface area (Å²) in [5.41, 5.74) is -0.234. The van der Waals surface area contributed by atoms with Crippen LogP contribution in [0.5, 0.6) is 0 Å². The van der Waals surface area contributed by atoms with Gasteiger partial charge in [0, 0.05) is 12.7 Å². The molecule has 1 N–H and O–H groups in total. The average molecular weight is 312 g/mol. The van der Waals surface area contributed by atoms with E-state index in [9.17, 15) is 22.4 Å². The van der Waals surface area contributed by atoms with Gasteiger partial charge in [-0.15, -0.1) is 0 Å². The molecule has 0 spiro atoms. The number of carbonyl (C=O) groups is 1. The van der Waals surface area contributed by atoms with Crippen molar-refractivity contribution in [1.29, 1.82) is 0 Å². The van der Waals surface area contributed by atoms with Crippen molar-refractivity contribution < 1.29 is 22.4 Å². The summed E-state index contributed by atoms with van der Waals surface area (Å²) in [7, 11) is 0. The first-order chi connectivity index (χ1) is 10.3. The quantitative estimate of drug-likeness (QED) is 0.882. The van der Waals surface area contributed by atoms with Gasteiger partial charge in [0.05, 0.1) is 6.42 Å². The van der Waals surface area contributed by atoms with Crippen molar-refractivity contribution in [1.82, 2.24) is 10.3 Å². The topological polar surface area (TPSA) is 42.0 Å². The third-order valence-electron chi connectivity index (χ3n) is 2.86. The Labute approximate surface area is 124 Å². The molecule has 0 aliphatic rings. The molecule has 0 radical (unpaired) electrons. The van der Waals surface area contributed by atoms with Crippen LogP contribution < -0.4 is 5.32 Å². The molecule has 3 nitrogen and oxygen atoms in total. The highest BCUT2D eigenvalue weighted by Gasteiger charge is 2.32. The number of amides is 1. The summed E-state index contributed by atoms with van der Waals surface area (Å²) in [4.78, 5) is 14.9. The van der Waals surface area contributed by atoms with E-state index in [0.717, 1.165) is 12.3 Å². The highest BCUT2D eigenvalue weighted by Crippen LogP contribution is 2.27. The lowest BCUT2D eigenvalue weighted by molar-refractivity contribution is -0.141. The lowest BCUT2D eigenvalue weighted by Gasteiger charge is -2.09. The van der Waals surface area contributed by atoms with Crippen molar-refractivity contribution in [2.24, 2.45) is 0 Å². The van der Waals surface area contributed by atoms with Gasteiger partial charge in [0.25, 0.3) is 0 Å². The van der Waals surface area contributed by atoms with Crippen LogP contribution in [-0.2, 0) is 23.9 Å². The molecule has 1 aromatic heterocycles. The molecule has 116 valence electrons. The van der Waals surface area contributed by atoms with E-state index in [2.05, 4.69) is 10.3 Å². The minimum Gasteiger partial charge on any atom is -0.352 e. The summed E-state index contributed by atoms with van der Waals surface area (Å²) in [5.74, 6) is -0.856. The second kappa shape index (κ2) is 6.55. The molecule has 1 amide bonds. The van der Waals surface area contributed by atoms with Gasteiger partial charge >= 0.3 is 6.18 Å². The average Bonchev–Trinajstić information content (AvgIpc) is 2.45. The number of hydrogen-bond acceptors (Lipinski definition) is 2. The first-order valence-electron chi connectivity index (χ1n) is 6.38. The Morgan fingerprint density at radius 1 is 1.14 bits per heavy atom. The molecule has 2 rings (SSSR count). The van der Waals surface area contributed by atoms with Crippen LogP contribution in [0.4, 0.5) is 17.6 Å². The number of benzene rings is 1. The van der Waals surface area contributed by atoms with Crippen molar-refractivity contribution in [2.45, 2.75) is 19.1 Å². The molecule has 0 bridgehead atoms. The zero-order chi connectivity index (χ0) is 16.2. The molecule has 0 saturated heterocycles. The van der Waals surface area contributed by atoms with Gasteiger partial charge in [0.2, 0.25) is 5.91 Å². The Balaban J connectivity index is 1.94. The van der Waals surface area contributed by atoms with E-state index < -0.39 is 23.6 Å². The molecule has 1 heterocycles. The Bertz CT molecular complexity index is 671. The monoisotopic (exact) mass is 312 g/mol. The standard InChI is InChI=1S/C15H12F4N2O/c16-12-3-1-2-10(6-12)8-14(22)21-9-11-4-5-20-13(7-11)15(17,18)19/h1-7H,8-9H2,(H,21,22). The van der Waals surface area contributed by atoms with Gasteiger partial charge in [0.1, 0.15) is 11.5 Å². The lowest BCUT2D eigenvalue weighted by atomic mass is 10.1. The van der Waals surface area contributed by atoms with Crippen molar-refractivity contribution in [3.63, 3.8) is 0 Å². The summed E-state index contributed by atoms with van der Waals surface area (Å²) >= 11 is 0. The van der Waals surface area contributed by atoms with E-state index in [-0.39, 0.29) is 18.5 Å². The Hall–Kier alpha value is -2.44. The molecule has 1 aromatic carbocycles. The van der Waals surface area contributed by atoms with E-state index in [0.29, 0.717) is 5.56 Å². The van der Waals surface area contributed by atoms with Crippen LogP contribution in [0.2, 0.25) is 0 Å². The highest BCUT2D eigenvalue weighted by atomic mass is 19.4. The molecular formula is C15H12F4N2O. The Morgan fingerprint density at radius 2 is 1.91 bits per heavy atom. The number of aromatic nitrogens is 1. The van der Waals surface area contributed by atoms with Gasteiger partial charge in [-0.2, -0.15) is 13.2 Å². The summed E-state index contributed by atoms with van der Waals surface area (Å²) in [6, 6.07) is 7.83. The second-order valence-electron chi connectivity index (χ2n) is 4.63. The molecule has 0 saturated carbocycles. The molecule has 0 fully saturated rings. The molecule has 0 unspecified atom stereocenters. The van der Waals surface area contributed by atoms with Gasteiger partial charge in [0.15, 0.2) is 0 Å². The molecule has 0 aliphatic carbocycles. The van der Waals surface area contributed by atoms with Gasteiger partial charge in [-0.25, -0.2) is 4.39 Å². The number of halogens is 4. The van der Waals surface area contributed by atoms with Gasteiger partial charge in [-0.3, -0.25) is 9.78 Å².